The Labute approximate surface area is 158 Å². The van der Waals surface area contributed by atoms with Crippen LogP contribution < -0.4 is 15.0 Å². The van der Waals surface area contributed by atoms with Gasteiger partial charge in [-0.1, -0.05) is 11.3 Å². The van der Waals surface area contributed by atoms with Crippen molar-refractivity contribution in [2.45, 2.75) is 6.42 Å². The highest BCUT2D eigenvalue weighted by atomic mass is 32.1. The van der Waals surface area contributed by atoms with E-state index in [1.807, 2.05) is 0 Å². The van der Waals surface area contributed by atoms with Gasteiger partial charge in [-0.05, 0) is 42.5 Å². The predicted octanol–water partition coefficient (Wildman–Crippen LogP) is 3.44. The zero-order valence-electron chi connectivity index (χ0n) is 14.4. The van der Waals surface area contributed by atoms with Gasteiger partial charge in [0.2, 0.25) is 11.8 Å². The monoisotopic (exact) mass is 385 g/mol. The highest BCUT2D eigenvalue weighted by Gasteiger charge is 2.35. The van der Waals surface area contributed by atoms with Gasteiger partial charge in [0.25, 0.3) is 0 Å². The van der Waals surface area contributed by atoms with Crippen molar-refractivity contribution in [2.24, 2.45) is 5.92 Å². The van der Waals surface area contributed by atoms with Crippen molar-refractivity contribution in [3.05, 3.63) is 48.3 Å². The Balaban J connectivity index is 1.46. The summed E-state index contributed by atoms with van der Waals surface area (Å²) in [4.78, 5) is 30.8. The molecule has 1 fully saturated rings. The van der Waals surface area contributed by atoms with E-state index in [-0.39, 0.29) is 24.1 Å². The number of ether oxygens (including phenoxy) is 1. The molecule has 2 amide bonds. The van der Waals surface area contributed by atoms with Crippen LogP contribution in [0.2, 0.25) is 0 Å². The number of anilines is 2. The second-order valence-electron chi connectivity index (χ2n) is 6.22. The summed E-state index contributed by atoms with van der Waals surface area (Å²) in [7, 11) is 1.58. The molecule has 27 heavy (non-hydrogen) atoms. The second kappa shape index (κ2) is 6.96. The Bertz CT molecular complexity index is 1020. The third-order valence-corrected chi connectivity index (χ3v) is 5.39. The normalized spacial score (nSPS) is 16.7. The van der Waals surface area contributed by atoms with E-state index in [2.05, 4.69) is 10.3 Å². The fraction of sp³-hybridized carbons (Fsp3) is 0.211. The number of carbonyl (C=O) groups is 2. The molecular weight excluding hydrogens is 369 g/mol. The summed E-state index contributed by atoms with van der Waals surface area (Å²) in [6, 6.07) is 11.4. The van der Waals surface area contributed by atoms with E-state index >= 15 is 0 Å². The van der Waals surface area contributed by atoms with Crippen LogP contribution in [0.1, 0.15) is 6.42 Å². The van der Waals surface area contributed by atoms with Crippen molar-refractivity contribution in [1.82, 2.24) is 4.98 Å². The van der Waals surface area contributed by atoms with Gasteiger partial charge in [-0.3, -0.25) is 9.59 Å². The Morgan fingerprint density at radius 2 is 2.07 bits per heavy atom. The molecule has 1 aromatic heterocycles. The third-order valence-electron chi connectivity index (χ3n) is 4.46. The number of carbonyl (C=O) groups excluding carboxylic acids is 2. The lowest BCUT2D eigenvalue weighted by atomic mass is 10.1. The highest BCUT2D eigenvalue weighted by molar-refractivity contribution is 7.22. The number of aromatic nitrogens is 1. The summed E-state index contributed by atoms with van der Waals surface area (Å²) in [6.45, 7) is 0.302. The zero-order chi connectivity index (χ0) is 19.0. The lowest BCUT2D eigenvalue weighted by Crippen LogP contribution is -2.28. The molecule has 2 heterocycles. The van der Waals surface area contributed by atoms with E-state index in [1.165, 1.54) is 23.5 Å². The van der Waals surface area contributed by atoms with Gasteiger partial charge in [-0.2, -0.15) is 0 Å². The average molecular weight is 385 g/mol. The smallest absolute Gasteiger partial charge is 0.231 e. The summed E-state index contributed by atoms with van der Waals surface area (Å²) in [6.07, 6.45) is 0.136. The predicted molar refractivity (Wildman–Crippen MR) is 102 cm³/mol. The van der Waals surface area contributed by atoms with E-state index in [9.17, 15) is 14.0 Å². The summed E-state index contributed by atoms with van der Waals surface area (Å²) in [5.41, 5.74) is 1.35. The molecule has 0 saturated carbocycles. The Kier molecular flexibility index (Phi) is 4.49. The number of nitrogens with zero attached hydrogens (tertiary/aromatic N) is 2. The van der Waals surface area contributed by atoms with Crippen LogP contribution >= 0.6 is 11.3 Å². The van der Waals surface area contributed by atoms with E-state index in [1.54, 1.807) is 42.3 Å². The van der Waals surface area contributed by atoms with Gasteiger partial charge in [0, 0.05) is 18.7 Å². The van der Waals surface area contributed by atoms with Crippen molar-refractivity contribution in [2.75, 3.05) is 23.9 Å². The van der Waals surface area contributed by atoms with Crippen LogP contribution in [0.4, 0.5) is 15.2 Å². The van der Waals surface area contributed by atoms with Gasteiger partial charge in [0.1, 0.15) is 11.6 Å². The number of rotatable bonds is 4. The van der Waals surface area contributed by atoms with Gasteiger partial charge < -0.3 is 15.0 Å². The Morgan fingerprint density at radius 1 is 1.30 bits per heavy atom. The number of hydrogen-bond acceptors (Lipinski definition) is 5. The van der Waals surface area contributed by atoms with Gasteiger partial charge >= 0.3 is 0 Å². The number of thiazole rings is 1. The fourth-order valence-corrected chi connectivity index (χ4v) is 3.95. The van der Waals surface area contributed by atoms with Crippen molar-refractivity contribution >= 4 is 44.2 Å². The van der Waals surface area contributed by atoms with E-state index < -0.39 is 5.92 Å². The minimum absolute atomic E-state index is 0.105. The van der Waals surface area contributed by atoms with Crippen LogP contribution in [-0.4, -0.2) is 30.5 Å². The zero-order valence-corrected chi connectivity index (χ0v) is 15.3. The summed E-state index contributed by atoms with van der Waals surface area (Å²) >= 11 is 1.21. The fourth-order valence-electron chi connectivity index (χ4n) is 3.05. The Hall–Kier alpha value is -3.00. The topological polar surface area (TPSA) is 71.5 Å². The molecule has 0 spiro atoms. The first-order valence-corrected chi connectivity index (χ1v) is 9.16. The standard InChI is InChI=1S/C19H16FN3O3S/c1-26-14-5-3-13(4-6-14)23-10-11(8-17(23)24)18(25)22-19-21-15-7-2-12(20)9-16(15)27-19/h2-7,9,11H,8,10H2,1H3,(H,21,22,25). The largest absolute Gasteiger partial charge is 0.497 e. The van der Waals surface area contributed by atoms with Crippen molar-refractivity contribution in [1.29, 1.82) is 0 Å². The lowest BCUT2D eigenvalue weighted by molar-refractivity contribution is -0.122. The number of nitrogens with one attached hydrogen (secondary N) is 1. The number of amides is 2. The minimum atomic E-state index is -0.469. The third kappa shape index (κ3) is 3.48. The number of methoxy groups -OCH3 is 1. The molecule has 2 aromatic carbocycles. The molecular formula is C19H16FN3O3S. The van der Waals surface area contributed by atoms with Crippen LogP contribution in [0, 0.1) is 11.7 Å². The molecule has 1 N–H and O–H groups in total. The van der Waals surface area contributed by atoms with Crippen molar-refractivity contribution < 1.29 is 18.7 Å². The van der Waals surface area contributed by atoms with Gasteiger partial charge in [0.05, 0.1) is 23.2 Å². The molecule has 1 aliphatic rings. The number of hydrogen-bond donors (Lipinski definition) is 1. The number of halogens is 1. The maximum Gasteiger partial charge on any atom is 0.231 e. The molecule has 6 nitrogen and oxygen atoms in total. The molecule has 1 unspecified atom stereocenters. The van der Waals surface area contributed by atoms with Crippen molar-refractivity contribution in [3.8, 4) is 5.75 Å². The molecule has 0 aliphatic carbocycles. The summed E-state index contributed by atoms with van der Waals surface area (Å²) in [5.74, 6) is -0.485. The Morgan fingerprint density at radius 3 is 2.81 bits per heavy atom. The molecule has 0 bridgehead atoms. The minimum Gasteiger partial charge on any atom is -0.497 e. The van der Waals surface area contributed by atoms with Crippen LogP contribution in [0.15, 0.2) is 42.5 Å². The molecule has 8 heteroatoms. The second-order valence-corrected chi connectivity index (χ2v) is 7.25. The average Bonchev–Trinajstić information content (AvgIpc) is 3.24. The first kappa shape index (κ1) is 17.4. The number of benzene rings is 2. The highest BCUT2D eigenvalue weighted by Crippen LogP contribution is 2.30. The van der Waals surface area contributed by atoms with E-state index in [4.69, 9.17) is 4.74 Å². The molecule has 0 radical (unpaired) electrons. The maximum atomic E-state index is 13.3. The first-order valence-electron chi connectivity index (χ1n) is 8.35. The van der Waals surface area contributed by atoms with Gasteiger partial charge in [-0.25, -0.2) is 9.37 Å². The molecule has 4 rings (SSSR count). The summed E-state index contributed by atoms with van der Waals surface area (Å²) in [5, 5.41) is 3.15. The molecule has 1 saturated heterocycles. The van der Waals surface area contributed by atoms with E-state index in [0.29, 0.717) is 27.6 Å². The lowest BCUT2D eigenvalue weighted by Gasteiger charge is -2.16. The van der Waals surface area contributed by atoms with Gasteiger partial charge in [-0.15, -0.1) is 0 Å². The van der Waals surface area contributed by atoms with Crippen LogP contribution in [0.3, 0.4) is 0 Å². The molecule has 138 valence electrons. The number of fused-ring (bicyclic) bond motifs is 1. The van der Waals surface area contributed by atoms with Crippen LogP contribution in [0.25, 0.3) is 10.2 Å². The molecule has 1 atom stereocenters. The molecule has 3 aromatic rings. The van der Waals surface area contributed by atoms with Gasteiger partial charge in [0.15, 0.2) is 5.13 Å². The van der Waals surface area contributed by atoms with Crippen molar-refractivity contribution in [3.63, 3.8) is 0 Å². The van der Waals surface area contributed by atoms with E-state index in [0.717, 1.165) is 5.69 Å². The molecule has 1 aliphatic heterocycles. The van der Waals surface area contributed by atoms with Crippen LogP contribution in [-0.2, 0) is 9.59 Å². The summed E-state index contributed by atoms with van der Waals surface area (Å²) < 4.78 is 19.1. The first-order chi connectivity index (χ1) is 13.0. The maximum absolute atomic E-state index is 13.3. The SMILES string of the molecule is COc1ccc(N2CC(C(=O)Nc3nc4ccc(F)cc4s3)CC2=O)cc1. The van der Waals surface area contributed by atoms with Crippen LogP contribution in [0.5, 0.6) is 5.75 Å². The quantitative estimate of drug-likeness (QED) is 0.747.